The van der Waals surface area contributed by atoms with Gasteiger partial charge in [-0.15, -0.1) is 0 Å². The molecule has 0 heterocycles. The maximum atomic E-state index is 12.5. The van der Waals surface area contributed by atoms with Crippen molar-refractivity contribution in [3.63, 3.8) is 0 Å². The van der Waals surface area contributed by atoms with E-state index >= 15 is 0 Å². The molecule has 0 aromatic rings. The highest BCUT2D eigenvalue weighted by Crippen LogP contribution is 2.11. The molecule has 0 N–H and O–H groups in total. The standard InChI is InChI=1S/C40H70N2O6/c1-5-7-9-11-13-15-17-19-21-23-25-27-29-32-38(43)46-36-42(37-47-39(44)34-31-35-41(3)4)48-40(45)33-30-28-26-24-22-20-18-16-14-12-10-8-6-2/h9-12,15-18H,5-8,13-14,19-37H2,1-4H3/b11-9-,12-10-,17-15-,18-16-. The first-order valence-electron chi connectivity index (χ1n) is 18.9. The first-order valence-corrected chi connectivity index (χ1v) is 18.9. The predicted molar refractivity (Wildman–Crippen MR) is 198 cm³/mol. The smallest absolute Gasteiger partial charge is 0.325 e. The molecule has 8 heteroatoms. The summed E-state index contributed by atoms with van der Waals surface area (Å²) in [5.74, 6) is -1.15. The fourth-order valence-corrected chi connectivity index (χ4v) is 4.72. The van der Waals surface area contributed by atoms with Crippen LogP contribution in [0.4, 0.5) is 0 Å². The van der Waals surface area contributed by atoms with Crippen LogP contribution >= 0.6 is 0 Å². The molecule has 0 aliphatic heterocycles. The molecule has 0 bridgehead atoms. The fraction of sp³-hybridized carbons (Fsp3) is 0.725. The molecule has 0 amide bonds. The minimum Gasteiger partial charge on any atom is -0.446 e. The van der Waals surface area contributed by atoms with Crippen LogP contribution in [-0.4, -0.2) is 62.0 Å². The van der Waals surface area contributed by atoms with E-state index in [1.54, 1.807) is 0 Å². The number of esters is 2. The topological polar surface area (TPSA) is 85.4 Å². The van der Waals surface area contributed by atoms with Crippen molar-refractivity contribution >= 4 is 17.9 Å². The third kappa shape index (κ3) is 34.6. The van der Waals surface area contributed by atoms with Crippen molar-refractivity contribution in [3.8, 4) is 0 Å². The first kappa shape index (κ1) is 45.3. The molecule has 276 valence electrons. The van der Waals surface area contributed by atoms with Gasteiger partial charge in [0.05, 0.1) is 0 Å². The van der Waals surface area contributed by atoms with Crippen LogP contribution in [0.2, 0.25) is 0 Å². The molecule has 0 fully saturated rings. The zero-order valence-corrected chi connectivity index (χ0v) is 31.1. The first-order chi connectivity index (χ1) is 23.4. The minimum absolute atomic E-state index is 0.261. The Balaban J connectivity index is 4.31. The number of hydrogen-bond acceptors (Lipinski definition) is 8. The summed E-state index contributed by atoms with van der Waals surface area (Å²) in [7, 11) is 3.89. The number of carbonyl (C=O) groups excluding carboxylic acids is 3. The lowest BCUT2D eigenvalue weighted by atomic mass is 10.1. The Hall–Kier alpha value is -2.71. The van der Waals surface area contributed by atoms with E-state index in [2.05, 4.69) is 62.5 Å². The van der Waals surface area contributed by atoms with Crippen molar-refractivity contribution in [1.29, 1.82) is 0 Å². The lowest BCUT2D eigenvalue weighted by Gasteiger charge is -2.20. The Labute approximate surface area is 294 Å². The van der Waals surface area contributed by atoms with Crippen molar-refractivity contribution in [2.45, 2.75) is 155 Å². The van der Waals surface area contributed by atoms with E-state index in [4.69, 9.17) is 14.3 Å². The Kier molecular flexibility index (Phi) is 33.6. The van der Waals surface area contributed by atoms with E-state index in [1.807, 2.05) is 19.0 Å². The van der Waals surface area contributed by atoms with E-state index < -0.39 is 5.97 Å². The normalized spacial score (nSPS) is 12.0. The summed E-state index contributed by atoms with van der Waals surface area (Å²) in [6.07, 6.45) is 38.4. The highest BCUT2D eigenvalue weighted by Gasteiger charge is 2.17. The lowest BCUT2D eigenvalue weighted by Crippen LogP contribution is -2.34. The van der Waals surface area contributed by atoms with Gasteiger partial charge in [0.2, 0.25) is 0 Å². The molecule has 0 atom stereocenters. The second-order valence-corrected chi connectivity index (χ2v) is 12.7. The third-order valence-electron chi connectivity index (χ3n) is 7.58. The van der Waals surface area contributed by atoms with Crippen LogP contribution in [0.15, 0.2) is 48.6 Å². The number of unbranched alkanes of at least 4 members (excludes halogenated alkanes) is 12. The monoisotopic (exact) mass is 675 g/mol. The Bertz CT molecular complexity index is 896. The van der Waals surface area contributed by atoms with Crippen LogP contribution in [0.1, 0.15) is 155 Å². The molecule has 0 spiro atoms. The maximum Gasteiger partial charge on any atom is 0.325 e. The van der Waals surface area contributed by atoms with Crippen molar-refractivity contribution in [3.05, 3.63) is 48.6 Å². The molecular weight excluding hydrogens is 604 g/mol. The average Bonchev–Trinajstić information content (AvgIpc) is 3.06. The van der Waals surface area contributed by atoms with Gasteiger partial charge in [-0.05, 0) is 91.3 Å². The van der Waals surface area contributed by atoms with Crippen LogP contribution in [0.5, 0.6) is 0 Å². The van der Waals surface area contributed by atoms with E-state index in [0.717, 1.165) is 114 Å². The molecule has 0 aliphatic rings. The molecule has 0 saturated heterocycles. The Morgan fingerprint density at radius 2 is 0.875 bits per heavy atom. The summed E-state index contributed by atoms with van der Waals surface area (Å²) in [4.78, 5) is 44.5. The molecular formula is C40H70N2O6. The average molecular weight is 675 g/mol. The number of allylic oxidation sites excluding steroid dienone is 8. The molecule has 0 radical (unpaired) electrons. The van der Waals surface area contributed by atoms with Crippen molar-refractivity contribution in [2.75, 3.05) is 34.1 Å². The largest absolute Gasteiger partial charge is 0.446 e. The van der Waals surface area contributed by atoms with Crippen LogP contribution < -0.4 is 0 Å². The fourth-order valence-electron chi connectivity index (χ4n) is 4.72. The van der Waals surface area contributed by atoms with E-state index in [9.17, 15) is 14.4 Å². The summed E-state index contributed by atoms with van der Waals surface area (Å²) in [5, 5.41) is 1.13. The van der Waals surface area contributed by atoms with Crippen LogP contribution in [0.25, 0.3) is 0 Å². The van der Waals surface area contributed by atoms with Crippen molar-refractivity contribution < 1.29 is 28.7 Å². The number of carbonyl (C=O) groups is 3. The number of ether oxygens (including phenoxy) is 2. The molecule has 0 saturated carbocycles. The third-order valence-corrected chi connectivity index (χ3v) is 7.58. The van der Waals surface area contributed by atoms with Gasteiger partial charge in [-0.1, -0.05) is 119 Å². The van der Waals surface area contributed by atoms with E-state index in [0.29, 0.717) is 12.8 Å². The quantitative estimate of drug-likeness (QED) is 0.0224. The highest BCUT2D eigenvalue weighted by atomic mass is 16.8. The van der Waals surface area contributed by atoms with Gasteiger partial charge >= 0.3 is 17.9 Å². The summed E-state index contributed by atoms with van der Waals surface area (Å²) >= 11 is 0. The summed E-state index contributed by atoms with van der Waals surface area (Å²) in [6.45, 7) is 4.60. The van der Waals surface area contributed by atoms with Gasteiger partial charge in [0, 0.05) is 19.3 Å². The van der Waals surface area contributed by atoms with Gasteiger partial charge in [-0.3, -0.25) is 14.4 Å². The van der Waals surface area contributed by atoms with Gasteiger partial charge in [-0.2, -0.15) is 0 Å². The zero-order chi connectivity index (χ0) is 35.3. The number of rotatable bonds is 33. The van der Waals surface area contributed by atoms with Gasteiger partial charge in [-0.25, -0.2) is 0 Å². The van der Waals surface area contributed by atoms with Crippen LogP contribution in [-0.2, 0) is 28.7 Å². The molecule has 0 unspecified atom stereocenters. The summed E-state index contributed by atoms with van der Waals surface area (Å²) in [5.41, 5.74) is 0. The second kappa shape index (κ2) is 35.6. The second-order valence-electron chi connectivity index (χ2n) is 12.7. The van der Waals surface area contributed by atoms with Crippen molar-refractivity contribution in [1.82, 2.24) is 9.96 Å². The van der Waals surface area contributed by atoms with Crippen LogP contribution in [0, 0.1) is 0 Å². The van der Waals surface area contributed by atoms with Gasteiger partial charge in [0.15, 0.2) is 13.5 Å². The van der Waals surface area contributed by atoms with Crippen molar-refractivity contribution in [2.24, 2.45) is 0 Å². The summed E-state index contributed by atoms with van der Waals surface area (Å²) < 4.78 is 10.7. The SMILES string of the molecule is CCC/C=C\C/C=C\CCCCCCCC(=O)OCN(COC(=O)CCCN(C)C)OC(=O)CCCCCCC/C=C\C/C=C\CCC. The molecule has 8 nitrogen and oxygen atoms in total. The van der Waals surface area contributed by atoms with Gasteiger partial charge in [0.25, 0.3) is 0 Å². The number of hydrogen-bond donors (Lipinski definition) is 0. The zero-order valence-electron chi connectivity index (χ0n) is 31.1. The molecule has 0 aliphatic carbocycles. The summed E-state index contributed by atoms with van der Waals surface area (Å²) in [6, 6.07) is 0. The van der Waals surface area contributed by atoms with Crippen LogP contribution in [0.3, 0.4) is 0 Å². The molecule has 0 aromatic carbocycles. The molecule has 48 heavy (non-hydrogen) atoms. The molecule has 0 rings (SSSR count). The Morgan fingerprint density at radius 3 is 1.33 bits per heavy atom. The maximum absolute atomic E-state index is 12.5. The Morgan fingerprint density at radius 1 is 0.479 bits per heavy atom. The number of hydroxylamine groups is 2. The van der Waals surface area contributed by atoms with Gasteiger partial charge < -0.3 is 19.2 Å². The van der Waals surface area contributed by atoms with E-state index in [-0.39, 0.29) is 38.2 Å². The number of nitrogens with zero attached hydrogens (tertiary/aromatic N) is 2. The predicted octanol–water partition coefficient (Wildman–Crippen LogP) is 10.2. The highest BCUT2D eigenvalue weighted by molar-refractivity contribution is 5.70. The molecule has 0 aromatic heterocycles. The van der Waals surface area contributed by atoms with E-state index in [1.165, 1.54) is 12.8 Å². The van der Waals surface area contributed by atoms with Gasteiger partial charge in [0.1, 0.15) is 0 Å². The lowest BCUT2D eigenvalue weighted by molar-refractivity contribution is -0.238. The minimum atomic E-state index is -0.420.